The van der Waals surface area contributed by atoms with Gasteiger partial charge in [0, 0.05) is 12.6 Å². The molecule has 0 bridgehead atoms. The first-order valence-corrected chi connectivity index (χ1v) is 7.23. The van der Waals surface area contributed by atoms with E-state index in [4.69, 9.17) is 17.3 Å². The summed E-state index contributed by atoms with van der Waals surface area (Å²) in [4.78, 5) is 0. The first-order valence-electron chi connectivity index (χ1n) is 6.85. The number of hydrogen-bond donors (Lipinski definition) is 1. The fraction of sp³-hybridized carbons (Fsp3) is 0.786. The molecule has 2 N–H and O–H groups in total. The van der Waals surface area contributed by atoms with Crippen LogP contribution in [0.3, 0.4) is 0 Å². The van der Waals surface area contributed by atoms with Crippen molar-refractivity contribution in [3.63, 3.8) is 0 Å². The highest BCUT2D eigenvalue weighted by Gasteiger charge is 2.34. The second-order valence-corrected chi connectivity index (χ2v) is 6.40. The molecule has 1 heterocycles. The number of rotatable bonds is 3. The first kappa shape index (κ1) is 13.9. The predicted molar refractivity (Wildman–Crippen MR) is 75.8 cm³/mol. The highest BCUT2D eigenvalue weighted by molar-refractivity contribution is 6.30. The predicted octanol–water partition coefficient (Wildman–Crippen LogP) is 3.08. The van der Waals surface area contributed by atoms with Crippen LogP contribution in [0.5, 0.6) is 0 Å². The SMILES string of the molecule is Cc1nn(C)c(Cl)c1CC1(CN)CCC(C)CC1. The molecule has 0 saturated heterocycles. The van der Waals surface area contributed by atoms with Crippen LogP contribution in [0.4, 0.5) is 0 Å². The Bertz CT molecular complexity index is 417. The lowest BCUT2D eigenvalue weighted by atomic mass is 9.68. The molecule has 0 unspecified atom stereocenters. The van der Waals surface area contributed by atoms with Gasteiger partial charge < -0.3 is 5.73 Å². The van der Waals surface area contributed by atoms with Gasteiger partial charge in [-0.2, -0.15) is 5.10 Å². The number of aryl methyl sites for hydroxylation is 2. The van der Waals surface area contributed by atoms with Gasteiger partial charge in [0.1, 0.15) is 5.15 Å². The summed E-state index contributed by atoms with van der Waals surface area (Å²) in [5, 5.41) is 5.18. The summed E-state index contributed by atoms with van der Waals surface area (Å²) >= 11 is 6.34. The van der Waals surface area contributed by atoms with Crippen molar-refractivity contribution in [1.82, 2.24) is 9.78 Å². The molecular weight excluding hydrogens is 246 g/mol. The Morgan fingerprint density at radius 1 is 1.44 bits per heavy atom. The van der Waals surface area contributed by atoms with Crippen LogP contribution in [0.15, 0.2) is 0 Å². The van der Waals surface area contributed by atoms with E-state index in [1.165, 1.54) is 31.2 Å². The molecule has 4 heteroatoms. The van der Waals surface area contributed by atoms with Crippen molar-refractivity contribution in [2.75, 3.05) is 6.54 Å². The maximum absolute atomic E-state index is 6.34. The molecule has 0 aromatic carbocycles. The summed E-state index contributed by atoms with van der Waals surface area (Å²) in [6.07, 6.45) is 5.99. The van der Waals surface area contributed by atoms with Gasteiger partial charge >= 0.3 is 0 Å². The molecule has 1 fully saturated rings. The van der Waals surface area contributed by atoms with E-state index in [9.17, 15) is 0 Å². The molecular formula is C14H24ClN3. The van der Waals surface area contributed by atoms with Gasteiger partial charge in [0.2, 0.25) is 0 Å². The van der Waals surface area contributed by atoms with Crippen LogP contribution in [-0.2, 0) is 13.5 Å². The van der Waals surface area contributed by atoms with Gasteiger partial charge in [0.05, 0.1) is 5.69 Å². The third kappa shape index (κ3) is 2.57. The minimum atomic E-state index is 0.240. The van der Waals surface area contributed by atoms with Gasteiger partial charge in [-0.15, -0.1) is 0 Å². The van der Waals surface area contributed by atoms with Crippen LogP contribution in [0, 0.1) is 18.3 Å². The Morgan fingerprint density at radius 3 is 2.50 bits per heavy atom. The molecule has 0 radical (unpaired) electrons. The van der Waals surface area contributed by atoms with E-state index in [2.05, 4.69) is 12.0 Å². The summed E-state index contributed by atoms with van der Waals surface area (Å²) in [5.74, 6) is 0.843. The zero-order valence-corrected chi connectivity index (χ0v) is 12.4. The lowest BCUT2D eigenvalue weighted by Crippen LogP contribution is -2.36. The monoisotopic (exact) mass is 269 g/mol. The minimum Gasteiger partial charge on any atom is -0.330 e. The van der Waals surface area contributed by atoms with Crippen LogP contribution < -0.4 is 5.73 Å². The minimum absolute atomic E-state index is 0.240. The van der Waals surface area contributed by atoms with Gasteiger partial charge in [-0.3, -0.25) is 4.68 Å². The Labute approximate surface area is 115 Å². The standard InChI is InChI=1S/C14H24ClN3/c1-10-4-6-14(9-16,7-5-10)8-12-11(2)17-18(3)13(12)15/h10H,4-9,16H2,1-3H3. The van der Waals surface area contributed by atoms with Crippen LogP contribution in [0.1, 0.15) is 43.9 Å². The van der Waals surface area contributed by atoms with Crippen LogP contribution in [0.2, 0.25) is 5.15 Å². The average molecular weight is 270 g/mol. The fourth-order valence-electron chi connectivity index (χ4n) is 3.08. The van der Waals surface area contributed by atoms with E-state index in [-0.39, 0.29) is 5.41 Å². The average Bonchev–Trinajstić information content (AvgIpc) is 2.59. The van der Waals surface area contributed by atoms with Crippen LogP contribution in [0.25, 0.3) is 0 Å². The number of nitrogens with zero attached hydrogens (tertiary/aromatic N) is 2. The Hall–Kier alpha value is -0.540. The lowest BCUT2D eigenvalue weighted by Gasteiger charge is -2.38. The van der Waals surface area contributed by atoms with Crippen LogP contribution >= 0.6 is 11.6 Å². The van der Waals surface area contributed by atoms with Crippen LogP contribution in [-0.4, -0.2) is 16.3 Å². The summed E-state index contributed by atoms with van der Waals surface area (Å²) < 4.78 is 1.77. The van der Waals surface area contributed by atoms with Gasteiger partial charge in [-0.05, 0) is 44.1 Å². The molecule has 1 aliphatic rings. The highest BCUT2D eigenvalue weighted by Crippen LogP contribution is 2.42. The van der Waals surface area contributed by atoms with Gasteiger partial charge in [-0.25, -0.2) is 0 Å². The molecule has 18 heavy (non-hydrogen) atoms. The molecule has 102 valence electrons. The largest absolute Gasteiger partial charge is 0.330 e. The zero-order valence-electron chi connectivity index (χ0n) is 11.7. The van der Waals surface area contributed by atoms with Crippen molar-refractivity contribution in [3.8, 4) is 0 Å². The van der Waals surface area contributed by atoms with E-state index in [1.807, 2.05) is 14.0 Å². The first-order chi connectivity index (χ1) is 8.47. The van der Waals surface area contributed by atoms with E-state index in [0.29, 0.717) is 0 Å². The molecule has 1 aliphatic carbocycles. The third-order valence-corrected chi connectivity index (χ3v) is 5.06. The van der Waals surface area contributed by atoms with E-state index >= 15 is 0 Å². The zero-order chi connectivity index (χ0) is 13.3. The number of nitrogens with two attached hydrogens (primary N) is 1. The highest BCUT2D eigenvalue weighted by atomic mass is 35.5. The molecule has 1 saturated carbocycles. The number of hydrogen-bond acceptors (Lipinski definition) is 2. The normalized spacial score (nSPS) is 28.6. The van der Waals surface area contributed by atoms with E-state index in [0.717, 1.165) is 29.7 Å². The van der Waals surface area contributed by atoms with E-state index < -0.39 is 0 Å². The number of aromatic nitrogens is 2. The van der Waals surface area contributed by atoms with Gasteiger partial charge in [-0.1, -0.05) is 31.4 Å². The Morgan fingerprint density at radius 2 is 2.06 bits per heavy atom. The summed E-state index contributed by atoms with van der Waals surface area (Å²) in [5.41, 5.74) is 8.55. The lowest BCUT2D eigenvalue weighted by molar-refractivity contribution is 0.163. The van der Waals surface area contributed by atoms with E-state index in [1.54, 1.807) is 4.68 Å². The molecule has 0 atom stereocenters. The third-order valence-electron chi connectivity index (χ3n) is 4.59. The maximum atomic E-state index is 6.34. The molecule has 0 spiro atoms. The Balaban J connectivity index is 2.20. The van der Waals surface area contributed by atoms with Gasteiger partial charge in [0.15, 0.2) is 0 Å². The molecule has 1 aromatic rings. The smallest absolute Gasteiger partial charge is 0.130 e. The second kappa shape index (κ2) is 5.22. The molecule has 0 aliphatic heterocycles. The topological polar surface area (TPSA) is 43.8 Å². The van der Waals surface area contributed by atoms with Crippen molar-refractivity contribution in [3.05, 3.63) is 16.4 Å². The Kier molecular flexibility index (Phi) is 4.02. The molecule has 0 amide bonds. The molecule has 1 aromatic heterocycles. The molecule has 3 nitrogen and oxygen atoms in total. The van der Waals surface area contributed by atoms with Gasteiger partial charge in [0.25, 0.3) is 0 Å². The van der Waals surface area contributed by atoms with Crippen molar-refractivity contribution < 1.29 is 0 Å². The van der Waals surface area contributed by atoms with Crippen molar-refractivity contribution in [2.24, 2.45) is 24.1 Å². The second-order valence-electron chi connectivity index (χ2n) is 6.04. The fourth-order valence-corrected chi connectivity index (χ4v) is 3.32. The number of halogens is 1. The quantitative estimate of drug-likeness (QED) is 0.916. The summed E-state index contributed by atoms with van der Waals surface area (Å²) in [6.45, 7) is 5.13. The van der Waals surface area contributed by atoms with Crippen molar-refractivity contribution >= 4 is 11.6 Å². The van der Waals surface area contributed by atoms with Crippen molar-refractivity contribution in [1.29, 1.82) is 0 Å². The summed E-state index contributed by atoms with van der Waals surface area (Å²) in [7, 11) is 1.90. The maximum Gasteiger partial charge on any atom is 0.130 e. The molecule has 2 rings (SSSR count). The van der Waals surface area contributed by atoms with Crippen molar-refractivity contribution in [2.45, 2.75) is 46.0 Å². The summed E-state index contributed by atoms with van der Waals surface area (Å²) in [6, 6.07) is 0.